The molecule has 0 radical (unpaired) electrons. The molecule has 0 heterocycles. The largest absolute Gasteiger partial charge is 0.491 e. The molecular formula is C16H25NO3. The lowest BCUT2D eigenvalue weighted by atomic mass is 9.88. The van der Waals surface area contributed by atoms with Gasteiger partial charge < -0.3 is 14.7 Å². The van der Waals surface area contributed by atoms with Gasteiger partial charge in [0, 0.05) is 19.0 Å². The first-order chi connectivity index (χ1) is 9.40. The lowest BCUT2D eigenvalue weighted by molar-refractivity contribution is -0.139. The van der Waals surface area contributed by atoms with Crippen molar-refractivity contribution < 1.29 is 14.6 Å². The molecule has 112 valence electrons. The van der Waals surface area contributed by atoms with Crippen LogP contribution in [0.5, 0.6) is 5.75 Å². The lowest BCUT2D eigenvalue weighted by Gasteiger charge is -2.28. The van der Waals surface area contributed by atoms with E-state index in [1.54, 1.807) is 4.90 Å². The SMILES string of the molecule is CCC(C)(C)C(=O)N(C)Cc1cccc(OCCO)c1. The Balaban J connectivity index is 2.70. The quantitative estimate of drug-likeness (QED) is 0.834. The average molecular weight is 279 g/mol. The van der Waals surface area contributed by atoms with Crippen molar-refractivity contribution in [2.45, 2.75) is 33.7 Å². The number of aliphatic hydroxyl groups excluding tert-OH is 1. The van der Waals surface area contributed by atoms with Crippen molar-refractivity contribution in [3.63, 3.8) is 0 Å². The predicted octanol–water partition coefficient (Wildman–Crippen LogP) is 2.45. The summed E-state index contributed by atoms with van der Waals surface area (Å²) < 4.78 is 5.37. The Morgan fingerprint density at radius 2 is 2.10 bits per heavy atom. The molecule has 0 saturated carbocycles. The maximum Gasteiger partial charge on any atom is 0.228 e. The third kappa shape index (κ3) is 4.53. The minimum absolute atomic E-state index is 0.00664. The molecule has 4 nitrogen and oxygen atoms in total. The first-order valence-electron chi connectivity index (χ1n) is 6.99. The van der Waals surface area contributed by atoms with Crippen molar-refractivity contribution in [1.29, 1.82) is 0 Å². The first kappa shape index (κ1) is 16.5. The van der Waals surface area contributed by atoms with Crippen LogP contribution < -0.4 is 4.74 Å². The van der Waals surface area contributed by atoms with Crippen LogP contribution in [-0.2, 0) is 11.3 Å². The number of carbonyl (C=O) groups excluding carboxylic acids is 1. The van der Waals surface area contributed by atoms with Crippen molar-refractivity contribution >= 4 is 5.91 Å². The standard InChI is InChI=1S/C16H25NO3/c1-5-16(2,3)15(19)17(4)12-13-7-6-8-14(11-13)20-10-9-18/h6-8,11,18H,5,9-10,12H2,1-4H3. The number of hydrogen-bond donors (Lipinski definition) is 1. The Morgan fingerprint density at radius 3 is 2.70 bits per heavy atom. The molecular weight excluding hydrogens is 254 g/mol. The molecule has 1 aromatic carbocycles. The molecule has 0 saturated heterocycles. The summed E-state index contributed by atoms with van der Waals surface area (Å²) in [6, 6.07) is 7.61. The van der Waals surface area contributed by atoms with Gasteiger partial charge in [-0.25, -0.2) is 0 Å². The van der Waals surface area contributed by atoms with Crippen molar-refractivity contribution in [3.05, 3.63) is 29.8 Å². The maximum absolute atomic E-state index is 12.3. The number of ether oxygens (including phenoxy) is 1. The lowest BCUT2D eigenvalue weighted by Crippen LogP contribution is -2.37. The van der Waals surface area contributed by atoms with E-state index in [9.17, 15) is 4.79 Å². The molecule has 20 heavy (non-hydrogen) atoms. The maximum atomic E-state index is 12.3. The molecule has 0 spiro atoms. The van der Waals surface area contributed by atoms with E-state index in [2.05, 4.69) is 0 Å². The Morgan fingerprint density at radius 1 is 1.40 bits per heavy atom. The van der Waals surface area contributed by atoms with Crippen molar-refractivity contribution in [2.75, 3.05) is 20.3 Å². The van der Waals surface area contributed by atoms with Gasteiger partial charge in [-0.05, 0) is 24.1 Å². The van der Waals surface area contributed by atoms with Gasteiger partial charge in [0.2, 0.25) is 5.91 Å². The zero-order valence-corrected chi connectivity index (χ0v) is 12.8. The molecule has 1 rings (SSSR count). The van der Waals surface area contributed by atoms with Crippen LogP contribution in [0.25, 0.3) is 0 Å². The van der Waals surface area contributed by atoms with Crippen LogP contribution >= 0.6 is 0 Å². The highest BCUT2D eigenvalue weighted by Gasteiger charge is 2.28. The summed E-state index contributed by atoms with van der Waals surface area (Å²) in [7, 11) is 1.82. The van der Waals surface area contributed by atoms with Gasteiger partial charge >= 0.3 is 0 Å². The molecule has 1 amide bonds. The van der Waals surface area contributed by atoms with Crippen molar-refractivity contribution in [1.82, 2.24) is 4.90 Å². The van der Waals surface area contributed by atoms with Gasteiger partial charge in [0.25, 0.3) is 0 Å². The molecule has 0 fully saturated rings. The van der Waals surface area contributed by atoms with Gasteiger partial charge in [0.15, 0.2) is 0 Å². The molecule has 4 heteroatoms. The second kappa shape index (κ2) is 7.29. The molecule has 0 bridgehead atoms. The van der Waals surface area contributed by atoms with Crippen LogP contribution in [0.4, 0.5) is 0 Å². The van der Waals surface area contributed by atoms with Gasteiger partial charge in [0.05, 0.1) is 6.61 Å². The Hall–Kier alpha value is -1.55. The molecule has 0 atom stereocenters. The zero-order valence-electron chi connectivity index (χ0n) is 12.8. The third-order valence-corrected chi connectivity index (χ3v) is 3.49. The van der Waals surface area contributed by atoms with Gasteiger partial charge in [-0.3, -0.25) is 4.79 Å². The van der Waals surface area contributed by atoms with E-state index in [0.29, 0.717) is 12.3 Å². The minimum atomic E-state index is -0.334. The van der Waals surface area contributed by atoms with E-state index in [4.69, 9.17) is 9.84 Å². The minimum Gasteiger partial charge on any atom is -0.491 e. The fourth-order valence-electron chi connectivity index (χ4n) is 1.91. The van der Waals surface area contributed by atoms with Crippen LogP contribution in [0.3, 0.4) is 0 Å². The summed E-state index contributed by atoms with van der Waals surface area (Å²) in [4.78, 5) is 14.1. The van der Waals surface area contributed by atoms with Crippen molar-refractivity contribution in [3.8, 4) is 5.75 Å². The molecule has 0 aliphatic rings. The third-order valence-electron chi connectivity index (χ3n) is 3.49. The highest BCUT2D eigenvalue weighted by atomic mass is 16.5. The van der Waals surface area contributed by atoms with Gasteiger partial charge in [-0.1, -0.05) is 32.9 Å². The summed E-state index contributed by atoms with van der Waals surface area (Å²) in [6.07, 6.45) is 0.815. The van der Waals surface area contributed by atoms with E-state index >= 15 is 0 Å². The molecule has 0 unspecified atom stereocenters. The summed E-state index contributed by atoms with van der Waals surface area (Å²) in [5.74, 6) is 0.855. The molecule has 1 N–H and O–H groups in total. The van der Waals surface area contributed by atoms with Gasteiger partial charge in [-0.15, -0.1) is 0 Å². The monoisotopic (exact) mass is 279 g/mol. The highest BCUT2D eigenvalue weighted by Crippen LogP contribution is 2.23. The van der Waals surface area contributed by atoms with E-state index in [0.717, 1.165) is 12.0 Å². The summed E-state index contributed by atoms with van der Waals surface area (Å²) in [6.45, 7) is 6.78. The highest BCUT2D eigenvalue weighted by molar-refractivity contribution is 5.81. The number of aliphatic hydroxyl groups is 1. The molecule has 0 aliphatic carbocycles. The zero-order chi connectivity index (χ0) is 15.2. The van der Waals surface area contributed by atoms with Gasteiger partial charge in [-0.2, -0.15) is 0 Å². The van der Waals surface area contributed by atoms with Crippen LogP contribution in [0.1, 0.15) is 32.8 Å². The summed E-state index contributed by atoms with van der Waals surface area (Å²) >= 11 is 0. The smallest absolute Gasteiger partial charge is 0.228 e. The summed E-state index contributed by atoms with van der Waals surface area (Å²) in [5.41, 5.74) is 0.683. The topological polar surface area (TPSA) is 49.8 Å². The number of nitrogens with zero attached hydrogens (tertiary/aromatic N) is 1. The van der Waals surface area contributed by atoms with E-state index in [-0.39, 0.29) is 24.5 Å². The Kier molecular flexibility index (Phi) is 6.02. The fraction of sp³-hybridized carbons (Fsp3) is 0.562. The number of hydrogen-bond acceptors (Lipinski definition) is 3. The normalized spacial score (nSPS) is 11.2. The van der Waals surface area contributed by atoms with Crippen molar-refractivity contribution in [2.24, 2.45) is 5.41 Å². The Bertz CT molecular complexity index is 443. The second-order valence-corrected chi connectivity index (χ2v) is 5.62. The molecule has 0 aliphatic heterocycles. The average Bonchev–Trinajstić information content (AvgIpc) is 2.44. The van der Waals surface area contributed by atoms with Crippen LogP contribution in [0.15, 0.2) is 24.3 Å². The first-order valence-corrected chi connectivity index (χ1v) is 6.99. The predicted molar refractivity (Wildman–Crippen MR) is 79.6 cm³/mol. The molecule has 1 aromatic rings. The van der Waals surface area contributed by atoms with Crippen LogP contribution in [-0.4, -0.2) is 36.2 Å². The number of rotatable bonds is 7. The number of carbonyl (C=O) groups is 1. The summed E-state index contributed by atoms with van der Waals surface area (Å²) in [5, 5.41) is 8.75. The molecule has 0 aromatic heterocycles. The van der Waals surface area contributed by atoms with Crippen LogP contribution in [0.2, 0.25) is 0 Å². The Labute approximate surface area is 121 Å². The van der Waals surface area contributed by atoms with Gasteiger partial charge in [0.1, 0.15) is 12.4 Å². The number of benzene rings is 1. The van der Waals surface area contributed by atoms with Crippen LogP contribution in [0, 0.1) is 5.41 Å². The van der Waals surface area contributed by atoms with E-state index in [1.807, 2.05) is 52.1 Å². The second-order valence-electron chi connectivity index (χ2n) is 5.62. The number of amides is 1. The van der Waals surface area contributed by atoms with E-state index < -0.39 is 0 Å². The fourth-order valence-corrected chi connectivity index (χ4v) is 1.91. The van der Waals surface area contributed by atoms with E-state index in [1.165, 1.54) is 0 Å².